The fourth-order valence-corrected chi connectivity index (χ4v) is 2.56. The van der Waals surface area contributed by atoms with E-state index in [-0.39, 0.29) is 12.4 Å². The Balaban J connectivity index is 2.07. The number of rotatable bonds is 2. The molecule has 0 saturated carbocycles. The smallest absolute Gasteiger partial charge is 0.371 e. The van der Waals surface area contributed by atoms with Crippen molar-refractivity contribution in [1.82, 2.24) is 0 Å². The molecule has 4 aromatic rings. The standard InChI is InChI=1S/C16H10O5/c17-7-8-1-2-12-10(3-8)11-6-13-9(4-14(11)20-12)5-15(21-13)16(18)19/h1-6,17H,7H2,(H,18,19). The summed E-state index contributed by atoms with van der Waals surface area (Å²) in [5.74, 6) is -1.20. The Labute approximate surface area is 118 Å². The van der Waals surface area contributed by atoms with Gasteiger partial charge in [0.2, 0.25) is 5.76 Å². The molecular weight excluding hydrogens is 272 g/mol. The molecule has 0 fully saturated rings. The van der Waals surface area contributed by atoms with Gasteiger partial charge in [-0.15, -0.1) is 0 Å². The van der Waals surface area contributed by atoms with Gasteiger partial charge in [-0.05, 0) is 35.9 Å². The van der Waals surface area contributed by atoms with Gasteiger partial charge in [0, 0.05) is 16.2 Å². The second-order valence-corrected chi connectivity index (χ2v) is 4.89. The van der Waals surface area contributed by atoms with E-state index in [2.05, 4.69) is 0 Å². The van der Waals surface area contributed by atoms with Crippen molar-refractivity contribution in [3.8, 4) is 0 Å². The fraction of sp³-hybridized carbons (Fsp3) is 0.0625. The summed E-state index contributed by atoms with van der Waals surface area (Å²) in [6.07, 6.45) is 0. The Morgan fingerprint density at radius 3 is 2.52 bits per heavy atom. The lowest BCUT2D eigenvalue weighted by Crippen LogP contribution is -1.91. The van der Waals surface area contributed by atoms with Crippen molar-refractivity contribution >= 4 is 38.9 Å². The van der Waals surface area contributed by atoms with Gasteiger partial charge in [0.25, 0.3) is 0 Å². The quantitative estimate of drug-likeness (QED) is 0.587. The summed E-state index contributed by atoms with van der Waals surface area (Å²) in [6.45, 7) is -0.0469. The summed E-state index contributed by atoms with van der Waals surface area (Å²) < 4.78 is 11.1. The molecule has 5 nitrogen and oxygen atoms in total. The van der Waals surface area contributed by atoms with E-state index in [4.69, 9.17) is 13.9 Å². The number of carboxylic acid groups (broad SMARTS) is 1. The zero-order valence-electron chi connectivity index (χ0n) is 10.8. The summed E-state index contributed by atoms with van der Waals surface area (Å²) in [7, 11) is 0. The zero-order chi connectivity index (χ0) is 14.6. The van der Waals surface area contributed by atoms with E-state index < -0.39 is 5.97 Å². The third kappa shape index (κ3) is 1.71. The van der Waals surface area contributed by atoms with Crippen molar-refractivity contribution in [3.05, 3.63) is 47.7 Å². The first-order valence-electron chi connectivity index (χ1n) is 6.38. The van der Waals surface area contributed by atoms with Crippen LogP contribution in [0.25, 0.3) is 32.9 Å². The van der Waals surface area contributed by atoms with Crippen LogP contribution in [0, 0.1) is 0 Å². The number of carbonyl (C=O) groups is 1. The molecule has 2 aromatic carbocycles. The van der Waals surface area contributed by atoms with Crippen molar-refractivity contribution in [3.63, 3.8) is 0 Å². The van der Waals surface area contributed by atoms with Crippen LogP contribution < -0.4 is 0 Å². The van der Waals surface area contributed by atoms with Crippen LogP contribution in [0.5, 0.6) is 0 Å². The second kappa shape index (κ2) is 4.10. The number of hydrogen-bond donors (Lipinski definition) is 2. The molecule has 0 amide bonds. The number of fused-ring (bicyclic) bond motifs is 4. The van der Waals surface area contributed by atoms with Gasteiger partial charge < -0.3 is 19.0 Å². The molecule has 0 aliphatic carbocycles. The van der Waals surface area contributed by atoms with Crippen LogP contribution in [0.15, 0.2) is 45.2 Å². The van der Waals surface area contributed by atoms with E-state index in [1.807, 2.05) is 12.1 Å². The zero-order valence-corrected chi connectivity index (χ0v) is 10.8. The Hall–Kier alpha value is -2.79. The van der Waals surface area contributed by atoms with Gasteiger partial charge in [-0.1, -0.05) is 6.07 Å². The van der Waals surface area contributed by atoms with Crippen LogP contribution in [0.2, 0.25) is 0 Å². The number of hydrogen-bond acceptors (Lipinski definition) is 4. The maximum atomic E-state index is 11.0. The van der Waals surface area contributed by atoms with Crippen molar-refractivity contribution in [2.45, 2.75) is 6.61 Å². The highest BCUT2D eigenvalue weighted by molar-refractivity contribution is 6.09. The Morgan fingerprint density at radius 2 is 1.76 bits per heavy atom. The highest BCUT2D eigenvalue weighted by Crippen LogP contribution is 2.33. The fourth-order valence-electron chi connectivity index (χ4n) is 2.56. The molecule has 0 atom stereocenters. The molecular formula is C16H10O5. The van der Waals surface area contributed by atoms with Gasteiger partial charge >= 0.3 is 5.97 Å². The van der Waals surface area contributed by atoms with E-state index in [9.17, 15) is 9.90 Å². The van der Waals surface area contributed by atoms with E-state index >= 15 is 0 Å². The Kier molecular flexibility index (Phi) is 2.34. The van der Waals surface area contributed by atoms with Crippen molar-refractivity contribution in [1.29, 1.82) is 0 Å². The molecule has 4 rings (SSSR count). The van der Waals surface area contributed by atoms with Gasteiger partial charge in [0.15, 0.2) is 0 Å². The van der Waals surface area contributed by atoms with E-state index in [1.54, 1.807) is 18.2 Å². The van der Waals surface area contributed by atoms with Crippen LogP contribution in [0.4, 0.5) is 0 Å². The molecule has 0 unspecified atom stereocenters. The van der Waals surface area contributed by atoms with E-state index in [0.717, 1.165) is 16.3 Å². The molecule has 2 N–H and O–H groups in total. The van der Waals surface area contributed by atoms with Gasteiger partial charge in [0.1, 0.15) is 16.7 Å². The van der Waals surface area contributed by atoms with Gasteiger partial charge in [-0.2, -0.15) is 0 Å². The van der Waals surface area contributed by atoms with Crippen molar-refractivity contribution < 1.29 is 23.8 Å². The van der Waals surface area contributed by atoms with Crippen LogP contribution >= 0.6 is 0 Å². The number of benzene rings is 2. The van der Waals surface area contributed by atoms with Crippen LogP contribution in [-0.4, -0.2) is 16.2 Å². The summed E-state index contributed by atoms with van der Waals surface area (Å²) in [5.41, 5.74) is 2.66. The minimum absolute atomic E-state index is 0.0469. The molecule has 0 saturated heterocycles. The normalized spacial score (nSPS) is 11.7. The van der Waals surface area contributed by atoms with E-state index in [0.29, 0.717) is 22.1 Å². The van der Waals surface area contributed by atoms with Crippen LogP contribution in [0.1, 0.15) is 16.1 Å². The lowest BCUT2D eigenvalue weighted by Gasteiger charge is -1.95. The molecule has 5 heteroatoms. The van der Waals surface area contributed by atoms with Crippen LogP contribution in [-0.2, 0) is 6.61 Å². The SMILES string of the molecule is O=C(O)c1cc2cc3oc4ccc(CO)cc4c3cc2o1. The molecule has 21 heavy (non-hydrogen) atoms. The lowest BCUT2D eigenvalue weighted by atomic mass is 10.1. The first kappa shape index (κ1) is 12.0. The topological polar surface area (TPSA) is 83.8 Å². The maximum Gasteiger partial charge on any atom is 0.371 e. The molecule has 0 aliphatic rings. The lowest BCUT2D eigenvalue weighted by molar-refractivity contribution is 0.0665. The minimum Gasteiger partial charge on any atom is -0.475 e. The predicted octanol–water partition coefficient (Wildman–Crippen LogP) is 3.52. The monoisotopic (exact) mass is 282 g/mol. The summed E-state index contributed by atoms with van der Waals surface area (Å²) in [6, 6.07) is 10.5. The number of aliphatic hydroxyl groups is 1. The summed E-state index contributed by atoms with van der Waals surface area (Å²) in [4.78, 5) is 11.0. The molecule has 2 heterocycles. The Bertz CT molecular complexity index is 1010. The average molecular weight is 282 g/mol. The number of aromatic carboxylic acids is 1. The highest BCUT2D eigenvalue weighted by atomic mass is 16.4. The molecule has 2 aromatic heterocycles. The first-order valence-corrected chi connectivity index (χ1v) is 6.38. The number of carboxylic acids is 1. The minimum atomic E-state index is -1.10. The summed E-state index contributed by atoms with van der Waals surface area (Å²) >= 11 is 0. The summed E-state index contributed by atoms with van der Waals surface area (Å²) in [5, 5.41) is 20.6. The third-order valence-corrected chi connectivity index (χ3v) is 3.57. The first-order chi connectivity index (χ1) is 10.2. The van der Waals surface area contributed by atoms with Crippen LogP contribution in [0.3, 0.4) is 0 Å². The van der Waals surface area contributed by atoms with E-state index in [1.165, 1.54) is 6.07 Å². The molecule has 0 spiro atoms. The van der Waals surface area contributed by atoms with Gasteiger partial charge in [0.05, 0.1) is 6.61 Å². The second-order valence-electron chi connectivity index (χ2n) is 4.89. The Morgan fingerprint density at radius 1 is 0.952 bits per heavy atom. The average Bonchev–Trinajstić information content (AvgIpc) is 3.04. The largest absolute Gasteiger partial charge is 0.475 e. The maximum absolute atomic E-state index is 11.0. The van der Waals surface area contributed by atoms with Gasteiger partial charge in [-0.3, -0.25) is 0 Å². The molecule has 0 radical (unpaired) electrons. The van der Waals surface area contributed by atoms with Crippen molar-refractivity contribution in [2.75, 3.05) is 0 Å². The highest BCUT2D eigenvalue weighted by Gasteiger charge is 2.14. The third-order valence-electron chi connectivity index (χ3n) is 3.57. The molecule has 0 aliphatic heterocycles. The number of furan rings is 2. The number of aliphatic hydroxyl groups excluding tert-OH is 1. The van der Waals surface area contributed by atoms with Gasteiger partial charge in [-0.25, -0.2) is 4.79 Å². The molecule has 0 bridgehead atoms. The van der Waals surface area contributed by atoms with Crippen molar-refractivity contribution in [2.24, 2.45) is 0 Å². The molecule has 104 valence electrons. The predicted molar refractivity (Wildman–Crippen MR) is 76.4 cm³/mol.